The second kappa shape index (κ2) is 10.1. The molecule has 1 fully saturated rings. The summed E-state index contributed by atoms with van der Waals surface area (Å²) >= 11 is 12.3. The van der Waals surface area contributed by atoms with Gasteiger partial charge in [0.15, 0.2) is 11.3 Å². The fourth-order valence-electron chi connectivity index (χ4n) is 4.04. The predicted octanol–water partition coefficient (Wildman–Crippen LogP) is 4.96. The molecule has 2 atom stereocenters. The van der Waals surface area contributed by atoms with Crippen molar-refractivity contribution >= 4 is 41.2 Å². The highest BCUT2D eigenvalue weighted by molar-refractivity contribution is 6.32. The molecule has 2 N–H and O–H groups in total. The Morgan fingerprint density at radius 1 is 1.15 bits per heavy atom. The molecule has 9 heteroatoms. The fraction of sp³-hybridized carbons (Fsp3) is 0.375. The molecule has 0 aliphatic carbocycles. The number of amides is 2. The van der Waals surface area contributed by atoms with E-state index >= 15 is 0 Å². The van der Waals surface area contributed by atoms with Gasteiger partial charge in [-0.05, 0) is 43.2 Å². The number of aliphatic carboxylic acids is 1. The Morgan fingerprint density at radius 3 is 2.42 bits per heavy atom. The van der Waals surface area contributed by atoms with E-state index in [4.69, 9.17) is 33.0 Å². The van der Waals surface area contributed by atoms with Gasteiger partial charge in [0.1, 0.15) is 6.54 Å². The van der Waals surface area contributed by atoms with Crippen molar-refractivity contribution in [3.63, 3.8) is 0 Å². The zero-order valence-corrected chi connectivity index (χ0v) is 20.1. The highest BCUT2D eigenvalue weighted by Gasteiger charge is 2.67. The summed E-state index contributed by atoms with van der Waals surface area (Å²) in [6, 6.07) is 12.2. The molecular weight excluding hydrogens is 467 g/mol. The first kappa shape index (κ1) is 25.0. The van der Waals surface area contributed by atoms with Gasteiger partial charge in [-0.1, -0.05) is 41.4 Å². The number of nitrogens with zero attached hydrogens (tertiary/aromatic N) is 1. The summed E-state index contributed by atoms with van der Waals surface area (Å²) in [5, 5.41) is 12.5. The average Bonchev–Trinajstić information content (AvgIpc) is 2.76. The van der Waals surface area contributed by atoms with Crippen LogP contribution >= 0.6 is 23.2 Å². The van der Waals surface area contributed by atoms with Gasteiger partial charge < -0.3 is 15.2 Å². The number of ether oxygens (including phenoxy) is 1. The number of carboxylic acid groups (broad SMARTS) is 1. The summed E-state index contributed by atoms with van der Waals surface area (Å²) in [7, 11) is 0. The maximum Gasteiger partial charge on any atom is 0.522 e. The number of hydrogen-bond donors (Lipinski definition) is 2. The summed E-state index contributed by atoms with van der Waals surface area (Å²) in [5.74, 6) is -1.01. The van der Waals surface area contributed by atoms with Gasteiger partial charge in [-0.25, -0.2) is 4.48 Å². The second-order valence-corrected chi connectivity index (χ2v) is 9.40. The van der Waals surface area contributed by atoms with E-state index in [0.717, 1.165) is 11.1 Å². The smallest absolute Gasteiger partial charge is 0.481 e. The van der Waals surface area contributed by atoms with Crippen molar-refractivity contribution in [3.05, 3.63) is 63.6 Å². The van der Waals surface area contributed by atoms with E-state index in [9.17, 15) is 14.4 Å². The van der Waals surface area contributed by atoms with E-state index < -0.39 is 17.6 Å². The van der Waals surface area contributed by atoms with E-state index in [2.05, 4.69) is 5.32 Å². The summed E-state index contributed by atoms with van der Waals surface area (Å²) in [6.45, 7) is 4.47. The molecule has 1 heterocycles. The zero-order valence-electron chi connectivity index (χ0n) is 18.6. The van der Waals surface area contributed by atoms with Crippen molar-refractivity contribution in [3.8, 4) is 5.75 Å². The van der Waals surface area contributed by atoms with Crippen LogP contribution in [-0.4, -0.2) is 46.2 Å². The van der Waals surface area contributed by atoms with Crippen molar-refractivity contribution < 1.29 is 28.7 Å². The van der Waals surface area contributed by atoms with E-state index in [0.29, 0.717) is 29.4 Å². The molecule has 2 aromatic rings. The molecule has 1 saturated heterocycles. The molecule has 0 aromatic heterocycles. The number of carbonyl (C=O) groups excluding carboxylic acids is 2. The lowest BCUT2D eigenvalue weighted by molar-refractivity contribution is -0.950. The van der Waals surface area contributed by atoms with Crippen molar-refractivity contribution in [2.24, 2.45) is 0 Å². The number of halogens is 2. The predicted molar refractivity (Wildman–Crippen MR) is 125 cm³/mol. The number of benzene rings is 2. The normalized spacial score (nSPS) is 21.7. The largest absolute Gasteiger partial charge is 0.522 e. The fourth-order valence-corrected chi connectivity index (χ4v) is 4.44. The minimum atomic E-state index is -1.09. The van der Waals surface area contributed by atoms with Crippen LogP contribution in [0.1, 0.15) is 37.3 Å². The first-order valence-corrected chi connectivity index (χ1v) is 11.4. The van der Waals surface area contributed by atoms with Gasteiger partial charge in [0.2, 0.25) is 0 Å². The lowest BCUT2D eigenvalue weighted by atomic mass is 9.81. The van der Waals surface area contributed by atoms with Crippen molar-refractivity contribution in [2.45, 2.75) is 45.2 Å². The van der Waals surface area contributed by atoms with Gasteiger partial charge in [0, 0.05) is 30.5 Å². The first-order chi connectivity index (χ1) is 15.6. The van der Waals surface area contributed by atoms with Gasteiger partial charge >= 0.3 is 12.1 Å². The van der Waals surface area contributed by atoms with Crippen LogP contribution in [-0.2, 0) is 16.1 Å². The Morgan fingerprint density at radius 2 is 1.85 bits per heavy atom. The van der Waals surface area contributed by atoms with Crippen molar-refractivity contribution in [1.82, 2.24) is 5.32 Å². The average molecular weight is 494 g/mol. The van der Waals surface area contributed by atoms with Gasteiger partial charge in [-0.15, -0.1) is 0 Å². The Balaban J connectivity index is 1.88. The highest BCUT2D eigenvalue weighted by Crippen LogP contribution is 2.43. The number of hydrogen-bond acceptors (Lipinski definition) is 4. The SMILES string of the molecule is Cc1ccc(OC(=O)[N+]2(Cc3ccc(Cl)cc3)CCC2(C)C(=O)NCCCC(=O)O)c(Cl)c1. The van der Waals surface area contributed by atoms with Gasteiger partial charge in [-0.3, -0.25) is 9.59 Å². The number of nitrogens with one attached hydrogen (secondary N) is 1. The summed E-state index contributed by atoms with van der Waals surface area (Å²) in [5.41, 5.74) is 0.673. The molecule has 0 spiro atoms. The van der Waals surface area contributed by atoms with Crippen LogP contribution in [0.3, 0.4) is 0 Å². The van der Waals surface area contributed by atoms with Crippen molar-refractivity contribution in [2.75, 3.05) is 13.1 Å². The third-order valence-electron chi connectivity index (χ3n) is 6.27. The summed E-state index contributed by atoms with van der Waals surface area (Å²) in [4.78, 5) is 37.5. The maximum atomic E-state index is 13.6. The molecule has 176 valence electrons. The van der Waals surface area contributed by atoms with Crippen LogP contribution in [0.5, 0.6) is 5.75 Å². The van der Waals surface area contributed by atoms with Crippen LogP contribution in [0.15, 0.2) is 42.5 Å². The zero-order chi connectivity index (χ0) is 24.2. The molecule has 0 saturated carbocycles. The minimum absolute atomic E-state index is 0.0459. The third kappa shape index (κ3) is 5.32. The van der Waals surface area contributed by atoms with E-state index in [1.165, 1.54) is 0 Å². The van der Waals surface area contributed by atoms with E-state index in [-0.39, 0.29) is 35.7 Å². The van der Waals surface area contributed by atoms with Gasteiger partial charge in [0.25, 0.3) is 5.91 Å². The third-order valence-corrected chi connectivity index (χ3v) is 6.81. The summed E-state index contributed by atoms with van der Waals surface area (Å²) in [6.07, 6.45) is 0.153. The quantitative estimate of drug-likeness (QED) is 0.400. The van der Waals surface area contributed by atoms with Crippen LogP contribution in [0.2, 0.25) is 10.0 Å². The van der Waals surface area contributed by atoms with Gasteiger partial charge in [-0.2, -0.15) is 4.79 Å². The second-order valence-electron chi connectivity index (χ2n) is 8.55. The molecule has 2 unspecified atom stereocenters. The molecular formula is C24H27Cl2N2O5+. The maximum absolute atomic E-state index is 13.6. The monoisotopic (exact) mass is 493 g/mol. The molecule has 3 rings (SSSR count). The molecule has 1 aliphatic rings. The number of rotatable bonds is 8. The standard InChI is InChI=1S/C24H26Cl2N2O5/c1-16-5-10-20(19(26)14-16)33-23(32)28(15-17-6-8-18(25)9-7-17)13-11-24(28,2)22(31)27-12-3-4-21(29)30/h5-10,14H,3-4,11-13,15H2,1-2H3,(H-,27,29,30,31)/p+1. The molecule has 0 radical (unpaired) electrons. The Kier molecular flexibility index (Phi) is 7.67. The Labute approximate surface area is 202 Å². The highest BCUT2D eigenvalue weighted by atomic mass is 35.5. The molecule has 33 heavy (non-hydrogen) atoms. The summed E-state index contributed by atoms with van der Waals surface area (Å²) < 4.78 is 5.48. The molecule has 2 aromatic carbocycles. The number of quaternary nitrogens is 1. The number of carboxylic acids is 1. The van der Waals surface area contributed by atoms with Crippen LogP contribution < -0.4 is 10.1 Å². The number of carbonyl (C=O) groups is 3. The molecule has 2 amide bonds. The molecule has 7 nitrogen and oxygen atoms in total. The Hall–Kier alpha value is -2.61. The first-order valence-electron chi connectivity index (χ1n) is 10.7. The number of likely N-dealkylation sites (tertiary alicyclic amines) is 1. The van der Waals surface area contributed by atoms with Crippen LogP contribution in [0.25, 0.3) is 0 Å². The lowest BCUT2D eigenvalue weighted by Crippen LogP contribution is -2.79. The van der Waals surface area contributed by atoms with Gasteiger partial charge in [0.05, 0.1) is 18.0 Å². The molecule has 1 aliphatic heterocycles. The van der Waals surface area contributed by atoms with Crippen LogP contribution in [0.4, 0.5) is 4.79 Å². The Bertz CT molecular complexity index is 1060. The lowest BCUT2D eigenvalue weighted by Gasteiger charge is -2.54. The molecule has 0 bridgehead atoms. The van der Waals surface area contributed by atoms with E-state index in [1.54, 1.807) is 37.3 Å². The minimum Gasteiger partial charge on any atom is -0.481 e. The number of aryl methyl sites for hydroxylation is 1. The van der Waals surface area contributed by atoms with Crippen LogP contribution in [0, 0.1) is 6.92 Å². The topological polar surface area (TPSA) is 92.7 Å². The van der Waals surface area contributed by atoms with E-state index in [1.807, 2.05) is 19.1 Å². The van der Waals surface area contributed by atoms with Crippen molar-refractivity contribution in [1.29, 1.82) is 0 Å².